The van der Waals surface area contributed by atoms with Crippen LogP contribution < -0.4 is 0 Å². The highest BCUT2D eigenvalue weighted by molar-refractivity contribution is 5.74. The van der Waals surface area contributed by atoms with Crippen molar-refractivity contribution in [1.29, 1.82) is 0 Å². The van der Waals surface area contributed by atoms with Gasteiger partial charge in [0.1, 0.15) is 6.10 Å². The predicted molar refractivity (Wildman–Crippen MR) is 110 cm³/mol. The van der Waals surface area contributed by atoms with E-state index in [1.54, 1.807) is 0 Å². The molecule has 1 fully saturated rings. The number of esters is 1. The summed E-state index contributed by atoms with van der Waals surface area (Å²) in [7, 11) is 0. The van der Waals surface area contributed by atoms with E-state index < -0.39 is 5.97 Å². The fourth-order valence-corrected chi connectivity index (χ4v) is 4.21. The Balaban J connectivity index is 2.54. The van der Waals surface area contributed by atoms with Gasteiger partial charge in [-0.1, -0.05) is 65.7 Å². The number of rotatable bonds is 14. The second kappa shape index (κ2) is 14.0. The number of ether oxygens (including phenoxy) is 1. The third-order valence-corrected chi connectivity index (χ3v) is 6.21. The highest BCUT2D eigenvalue weighted by Gasteiger charge is 2.32. The molecule has 2 unspecified atom stereocenters. The molecule has 0 radical (unpaired) electrons. The van der Waals surface area contributed by atoms with Crippen LogP contribution in [0, 0.1) is 17.8 Å². The van der Waals surface area contributed by atoms with E-state index in [0.29, 0.717) is 31.6 Å². The lowest BCUT2D eigenvalue weighted by Gasteiger charge is -2.28. The van der Waals surface area contributed by atoms with E-state index in [1.165, 1.54) is 38.5 Å². The molecule has 2 atom stereocenters. The van der Waals surface area contributed by atoms with Crippen molar-refractivity contribution in [1.82, 2.24) is 0 Å². The van der Waals surface area contributed by atoms with Crippen molar-refractivity contribution in [2.45, 2.75) is 117 Å². The Morgan fingerprint density at radius 2 is 1.52 bits per heavy atom. The summed E-state index contributed by atoms with van der Waals surface area (Å²) in [6, 6.07) is 0. The van der Waals surface area contributed by atoms with E-state index in [9.17, 15) is 9.59 Å². The molecule has 1 saturated carbocycles. The summed E-state index contributed by atoms with van der Waals surface area (Å²) in [5.41, 5.74) is 0. The first kappa shape index (κ1) is 24.0. The van der Waals surface area contributed by atoms with Gasteiger partial charge in [0.2, 0.25) is 0 Å². The molecule has 0 amide bonds. The van der Waals surface area contributed by atoms with Gasteiger partial charge in [0.15, 0.2) is 0 Å². The second-order valence-corrected chi connectivity index (χ2v) is 8.45. The Kier molecular flexibility index (Phi) is 12.4. The quantitative estimate of drug-likeness (QED) is 0.280. The molecule has 0 spiro atoms. The van der Waals surface area contributed by atoms with Crippen molar-refractivity contribution in [3.05, 3.63) is 0 Å². The van der Waals surface area contributed by atoms with Crippen molar-refractivity contribution in [2.24, 2.45) is 17.8 Å². The van der Waals surface area contributed by atoms with Crippen LogP contribution in [-0.4, -0.2) is 23.1 Å². The summed E-state index contributed by atoms with van der Waals surface area (Å²) in [5.74, 6) is -0.550. The normalized spacial score (nSPS) is 22.2. The lowest BCUT2D eigenvalue weighted by Crippen LogP contribution is -2.30. The molecule has 0 bridgehead atoms. The molecular weight excluding hydrogens is 340 g/mol. The molecule has 0 heterocycles. The van der Waals surface area contributed by atoms with E-state index in [2.05, 4.69) is 20.8 Å². The molecule has 27 heavy (non-hydrogen) atoms. The van der Waals surface area contributed by atoms with Crippen molar-refractivity contribution < 1.29 is 19.4 Å². The van der Waals surface area contributed by atoms with Gasteiger partial charge < -0.3 is 9.84 Å². The van der Waals surface area contributed by atoms with Gasteiger partial charge in [0.05, 0.1) is 11.8 Å². The van der Waals surface area contributed by atoms with Crippen LogP contribution in [0.4, 0.5) is 0 Å². The molecule has 0 aromatic heterocycles. The van der Waals surface area contributed by atoms with Crippen LogP contribution in [0.15, 0.2) is 0 Å². The second-order valence-electron chi connectivity index (χ2n) is 8.45. The SMILES string of the molecule is CCCCCCC(CC(CC)CCCC)OC(=O)C1CCC(C(=O)O)CC1. The van der Waals surface area contributed by atoms with Crippen LogP contribution in [0.1, 0.15) is 111 Å². The number of carbonyl (C=O) groups excluding carboxylic acids is 1. The number of hydrogen-bond donors (Lipinski definition) is 1. The Morgan fingerprint density at radius 3 is 2.07 bits per heavy atom. The van der Waals surface area contributed by atoms with Gasteiger partial charge in [-0.05, 0) is 50.9 Å². The Bertz CT molecular complexity index is 413. The molecule has 158 valence electrons. The lowest BCUT2D eigenvalue weighted by molar-refractivity contribution is -0.158. The molecular formula is C23H42O4. The first-order valence-electron chi connectivity index (χ1n) is 11.4. The summed E-state index contributed by atoms with van der Waals surface area (Å²) in [4.78, 5) is 23.8. The summed E-state index contributed by atoms with van der Waals surface area (Å²) < 4.78 is 5.99. The maximum atomic E-state index is 12.7. The maximum Gasteiger partial charge on any atom is 0.309 e. The Morgan fingerprint density at radius 1 is 0.889 bits per heavy atom. The molecule has 0 aromatic rings. The van der Waals surface area contributed by atoms with E-state index in [4.69, 9.17) is 9.84 Å². The largest absolute Gasteiger partial charge is 0.481 e. The Labute approximate surface area is 166 Å². The third kappa shape index (κ3) is 9.62. The molecule has 1 rings (SSSR count). The van der Waals surface area contributed by atoms with E-state index in [0.717, 1.165) is 25.7 Å². The number of carbonyl (C=O) groups is 2. The first-order valence-corrected chi connectivity index (χ1v) is 11.4. The van der Waals surface area contributed by atoms with Crippen LogP contribution in [0.2, 0.25) is 0 Å². The average Bonchev–Trinajstić information content (AvgIpc) is 2.68. The van der Waals surface area contributed by atoms with E-state index in [-0.39, 0.29) is 23.9 Å². The number of unbranched alkanes of at least 4 members (excludes halogenated alkanes) is 4. The van der Waals surface area contributed by atoms with Crippen molar-refractivity contribution in [3.8, 4) is 0 Å². The number of aliphatic carboxylic acids is 1. The zero-order chi connectivity index (χ0) is 20.1. The average molecular weight is 383 g/mol. The summed E-state index contributed by atoms with van der Waals surface area (Å²) in [6.45, 7) is 6.68. The van der Waals surface area contributed by atoms with Crippen LogP contribution in [0.5, 0.6) is 0 Å². The van der Waals surface area contributed by atoms with Gasteiger partial charge in [-0.15, -0.1) is 0 Å². The third-order valence-electron chi connectivity index (χ3n) is 6.21. The van der Waals surface area contributed by atoms with Crippen molar-refractivity contribution in [3.63, 3.8) is 0 Å². The van der Waals surface area contributed by atoms with Gasteiger partial charge >= 0.3 is 11.9 Å². The molecule has 4 nitrogen and oxygen atoms in total. The molecule has 0 saturated heterocycles. The summed E-state index contributed by atoms with van der Waals surface area (Å²) in [5, 5.41) is 9.13. The smallest absolute Gasteiger partial charge is 0.309 e. The van der Waals surface area contributed by atoms with Crippen LogP contribution in [0.25, 0.3) is 0 Å². The fourth-order valence-electron chi connectivity index (χ4n) is 4.21. The minimum atomic E-state index is -0.725. The number of hydrogen-bond acceptors (Lipinski definition) is 3. The van der Waals surface area contributed by atoms with E-state index >= 15 is 0 Å². The van der Waals surface area contributed by atoms with Crippen LogP contribution in [-0.2, 0) is 14.3 Å². The molecule has 4 heteroatoms. The fraction of sp³-hybridized carbons (Fsp3) is 0.913. The highest BCUT2D eigenvalue weighted by atomic mass is 16.5. The number of carboxylic acid groups (broad SMARTS) is 1. The van der Waals surface area contributed by atoms with Crippen molar-refractivity contribution in [2.75, 3.05) is 0 Å². The van der Waals surface area contributed by atoms with E-state index in [1.807, 2.05) is 0 Å². The maximum absolute atomic E-state index is 12.7. The van der Waals surface area contributed by atoms with Crippen LogP contribution >= 0.6 is 0 Å². The van der Waals surface area contributed by atoms with Crippen LogP contribution in [0.3, 0.4) is 0 Å². The standard InChI is InChI=1S/C23H42O4/c1-4-7-9-10-12-21(17-18(6-3)11-8-5-2)27-23(26)20-15-13-19(14-16-20)22(24)25/h18-21H,4-17H2,1-3H3,(H,24,25). The first-order chi connectivity index (χ1) is 13.0. The van der Waals surface area contributed by atoms with Crippen molar-refractivity contribution >= 4 is 11.9 Å². The van der Waals surface area contributed by atoms with Gasteiger partial charge in [0, 0.05) is 0 Å². The zero-order valence-electron chi connectivity index (χ0n) is 17.9. The minimum absolute atomic E-state index is 0.0355. The highest BCUT2D eigenvalue weighted by Crippen LogP contribution is 2.31. The Hall–Kier alpha value is -1.06. The number of carboxylic acids is 1. The van der Waals surface area contributed by atoms with Gasteiger partial charge in [-0.3, -0.25) is 9.59 Å². The minimum Gasteiger partial charge on any atom is -0.481 e. The molecule has 0 aromatic carbocycles. The molecule has 1 N–H and O–H groups in total. The van der Waals surface area contributed by atoms with Gasteiger partial charge in [-0.25, -0.2) is 0 Å². The molecule has 1 aliphatic carbocycles. The van der Waals surface area contributed by atoms with Gasteiger partial charge in [-0.2, -0.15) is 0 Å². The van der Waals surface area contributed by atoms with Gasteiger partial charge in [0.25, 0.3) is 0 Å². The summed E-state index contributed by atoms with van der Waals surface area (Å²) >= 11 is 0. The zero-order valence-corrected chi connectivity index (χ0v) is 17.9. The predicted octanol–water partition coefficient (Wildman–Crippen LogP) is 6.37. The topological polar surface area (TPSA) is 63.6 Å². The lowest BCUT2D eigenvalue weighted by atomic mass is 9.82. The summed E-state index contributed by atoms with van der Waals surface area (Å²) in [6.07, 6.45) is 14.1. The molecule has 0 aliphatic heterocycles. The monoisotopic (exact) mass is 382 g/mol. The molecule has 1 aliphatic rings.